The molecule has 0 bridgehead atoms. The van der Waals surface area contributed by atoms with Gasteiger partial charge in [0.1, 0.15) is 10.4 Å². The Hall–Kier alpha value is -1.14. The standard InChI is InChI=1S/C10H11BrN4S/c1-15(6-7-3-2-4-16-7)10-13-8(11)5-9(12)14-10/h2-5H,6H2,1H3,(H2,12,13,14). The molecule has 0 aliphatic rings. The van der Waals surface area contributed by atoms with Crippen molar-refractivity contribution in [1.82, 2.24) is 9.97 Å². The molecule has 84 valence electrons. The lowest BCUT2D eigenvalue weighted by molar-refractivity contribution is 0.876. The molecule has 0 unspecified atom stereocenters. The Morgan fingerprint density at radius 1 is 1.50 bits per heavy atom. The number of anilines is 2. The Balaban J connectivity index is 2.17. The van der Waals surface area contributed by atoms with Crippen LogP contribution < -0.4 is 10.6 Å². The van der Waals surface area contributed by atoms with Crippen LogP contribution in [-0.4, -0.2) is 17.0 Å². The fourth-order valence-electron chi connectivity index (χ4n) is 1.30. The summed E-state index contributed by atoms with van der Waals surface area (Å²) in [5.41, 5.74) is 5.67. The Morgan fingerprint density at radius 3 is 2.94 bits per heavy atom. The number of rotatable bonds is 3. The second kappa shape index (κ2) is 4.80. The molecule has 0 atom stereocenters. The molecule has 2 aromatic rings. The summed E-state index contributed by atoms with van der Waals surface area (Å²) in [7, 11) is 1.95. The summed E-state index contributed by atoms with van der Waals surface area (Å²) in [5.74, 6) is 1.09. The van der Waals surface area contributed by atoms with Crippen molar-refractivity contribution in [3.63, 3.8) is 0 Å². The van der Waals surface area contributed by atoms with Gasteiger partial charge in [0, 0.05) is 18.0 Å². The summed E-state index contributed by atoms with van der Waals surface area (Å²) in [6.45, 7) is 0.785. The van der Waals surface area contributed by atoms with Crippen molar-refractivity contribution in [2.24, 2.45) is 0 Å². The molecular weight excluding hydrogens is 288 g/mol. The van der Waals surface area contributed by atoms with Gasteiger partial charge in [0.15, 0.2) is 0 Å². The number of nitrogen functional groups attached to an aromatic ring is 1. The topological polar surface area (TPSA) is 55.0 Å². The fourth-order valence-corrected chi connectivity index (χ4v) is 2.45. The number of aromatic nitrogens is 2. The van der Waals surface area contributed by atoms with Crippen LogP contribution in [0.25, 0.3) is 0 Å². The molecule has 0 saturated carbocycles. The second-order valence-electron chi connectivity index (χ2n) is 3.35. The number of thiophene rings is 1. The minimum Gasteiger partial charge on any atom is -0.383 e. The summed E-state index contributed by atoms with van der Waals surface area (Å²) in [4.78, 5) is 11.7. The third-order valence-electron chi connectivity index (χ3n) is 2.02. The lowest BCUT2D eigenvalue weighted by atomic mass is 10.4. The van der Waals surface area contributed by atoms with Gasteiger partial charge in [-0.1, -0.05) is 6.07 Å². The molecule has 0 aliphatic carbocycles. The van der Waals surface area contributed by atoms with Crippen LogP contribution in [0.5, 0.6) is 0 Å². The fraction of sp³-hybridized carbons (Fsp3) is 0.200. The third kappa shape index (κ3) is 2.70. The van der Waals surface area contributed by atoms with Gasteiger partial charge in [0.25, 0.3) is 0 Å². The van der Waals surface area contributed by atoms with Crippen molar-refractivity contribution in [1.29, 1.82) is 0 Å². The maximum atomic E-state index is 5.67. The van der Waals surface area contributed by atoms with Gasteiger partial charge >= 0.3 is 0 Å². The van der Waals surface area contributed by atoms with Gasteiger partial charge < -0.3 is 10.6 Å². The van der Waals surface area contributed by atoms with Gasteiger partial charge in [-0.2, -0.15) is 4.98 Å². The van der Waals surface area contributed by atoms with E-state index in [9.17, 15) is 0 Å². The van der Waals surface area contributed by atoms with E-state index in [1.54, 1.807) is 17.4 Å². The van der Waals surface area contributed by atoms with Crippen molar-refractivity contribution in [3.8, 4) is 0 Å². The van der Waals surface area contributed by atoms with E-state index in [0.717, 1.165) is 6.54 Å². The first kappa shape index (κ1) is 11.3. The van der Waals surface area contributed by atoms with Crippen molar-refractivity contribution in [3.05, 3.63) is 33.1 Å². The molecule has 2 N–H and O–H groups in total. The molecule has 0 fully saturated rings. The van der Waals surface area contributed by atoms with Gasteiger partial charge in [-0.3, -0.25) is 0 Å². The number of nitrogens with two attached hydrogens (primary N) is 1. The van der Waals surface area contributed by atoms with E-state index < -0.39 is 0 Å². The maximum Gasteiger partial charge on any atom is 0.228 e. The lowest BCUT2D eigenvalue weighted by Crippen LogP contribution is -2.19. The molecule has 0 amide bonds. The van der Waals surface area contributed by atoms with Crippen LogP contribution in [0.4, 0.5) is 11.8 Å². The quantitative estimate of drug-likeness (QED) is 0.885. The zero-order chi connectivity index (χ0) is 11.5. The predicted molar refractivity (Wildman–Crippen MR) is 70.6 cm³/mol. The maximum absolute atomic E-state index is 5.67. The highest BCUT2D eigenvalue weighted by molar-refractivity contribution is 9.10. The molecule has 2 aromatic heterocycles. The first-order valence-corrected chi connectivity index (χ1v) is 6.36. The van der Waals surface area contributed by atoms with Crippen molar-refractivity contribution in [2.45, 2.75) is 6.54 Å². The van der Waals surface area contributed by atoms with E-state index in [4.69, 9.17) is 5.73 Å². The van der Waals surface area contributed by atoms with Crippen LogP contribution in [0.15, 0.2) is 28.2 Å². The monoisotopic (exact) mass is 298 g/mol. The number of hydrogen-bond acceptors (Lipinski definition) is 5. The van der Waals surface area contributed by atoms with Crippen molar-refractivity contribution >= 4 is 39.0 Å². The van der Waals surface area contributed by atoms with Crippen LogP contribution in [-0.2, 0) is 6.54 Å². The Morgan fingerprint density at radius 2 is 2.31 bits per heavy atom. The minimum atomic E-state index is 0.468. The average molecular weight is 299 g/mol. The summed E-state index contributed by atoms with van der Waals surface area (Å²) in [6, 6.07) is 5.80. The van der Waals surface area contributed by atoms with E-state index in [-0.39, 0.29) is 0 Å². The van der Waals surface area contributed by atoms with Crippen LogP contribution in [0.1, 0.15) is 4.88 Å². The van der Waals surface area contributed by atoms with Crippen LogP contribution in [0, 0.1) is 0 Å². The highest BCUT2D eigenvalue weighted by atomic mass is 79.9. The van der Waals surface area contributed by atoms with Gasteiger partial charge in [-0.15, -0.1) is 11.3 Å². The van der Waals surface area contributed by atoms with Crippen LogP contribution in [0.3, 0.4) is 0 Å². The van der Waals surface area contributed by atoms with E-state index in [0.29, 0.717) is 16.4 Å². The summed E-state index contributed by atoms with van der Waals surface area (Å²) >= 11 is 5.02. The van der Waals surface area contributed by atoms with Gasteiger partial charge in [-0.25, -0.2) is 4.98 Å². The Bertz CT molecular complexity index is 451. The molecule has 0 radical (unpaired) electrons. The number of halogens is 1. The molecule has 4 nitrogen and oxygen atoms in total. The van der Waals surface area contributed by atoms with Crippen LogP contribution >= 0.6 is 27.3 Å². The Kier molecular flexibility index (Phi) is 3.40. The molecule has 0 aliphatic heterocycles. The largest absolute Gasteiger partial charge is 0.383 e. The first-order valence-electron chi connectivity index (χ1n) is 4.69. The predicted octanol–water partition coefficient (Wildman–Crippen LogP) is 2.52. The van der Waals surface area contributed by atoms with E-state index in [1.807, 2.05) is 18.0 Å². The molecule has 2 rings (SSSR count). The van der Waals surface area contributed by atoms with Gasteiger partial charge in [0.05, 0.1) is 6.54 Å². The Labute approximate surface area is 106 Å². The molecule has 6 heteroatoms. The summed E-state index contributed by atoms with van der Waals surface area (Å²) in [5, 5.41) is 2.05. The van der Waals surface area contributed by atoms with Crippen molar-refractivity contribution in [2.75, 3.05) is 17.7 Å². The molecule has 0 aromatic carbocycles. The average Bonchev–Trinajstić information content (AvgIpc) is 2.68. The van der Waals surface area contributed by atoms with Crippen LogP contribution in [0.2, 0.25) is 0 Å². The SMILES string of the molecule is CN(Cc1cccs1)c1nc(N)cc(Br)n1. The molecule has 0 spiro atoms. The lowest BCUT2D eigenvalue weighted by Gasteiger charge is -2.16. The smallest absolute Gasteiger partial charge is 0.228 e. The molecule has 16 heavy (non-hydrogen) atoms. The van der Waals surface area contributed by atoms with E-state index >= 15 is 0 Å². The number of hydrogen-bond donors (Lipinski definition) is 1. The molecule has 0 saturated heterocycles. The van der Waals surface area contributed by atoms with Gasteiger partial charge in [0.2, 0.25) is 5.95 Å². The first-order chi connectivity index (χ1) is 7.65. The number of nitrogens with zero attached hydrogens (tertiary/aromatic N) is 3. The molecular formula is C10H11BrN4S. The minimum absolute atomic E-state index is 0.468. The van der Waals surface area contributed by atoms with Crippen molar-refractivity contribution < 1.29 is 0 Å². The highest BCUT2D eigenvalue weighted by Crippen LogP contribution is 2.18. The van der Waals surface area contributed by atoms with Gasteiger partial charge in [-0.05, 0) is 27.4 Å². The van der Waals surface area contributed by atoms with E-state index in [2.05, 4.69) is 37.3 Å². The third-order valence-corrected chi connectivity index (χ3v) is 3.28. The summed E-state index contributed by atoms with van der Waals surface area (Å²) < 4.78 is 0.702. The highest BCUT2D eigenvalue weighted by Gasteiger charge is 2.07. The molecule has 2 heterocycles. The zero-order valence-corrected chi connectivity index (χ0v) is 11.1. The second-order valence-corrected chi connectivity index (χ2v) is 5.20. The zero-order valence-electron chi connectivity index (χ0n) is 8.72. The normalized spacial score (nSPS) is 10.4. The van der Waals surface area contributed by atoms with E-state index in [1.165, 1.54) is 4.88 Å². The summed E-state index contributed by atoms with van der Waals surface area (Å²) in [6.07, 6.45) is 0.